The number of imide groups is 1. The molecule has 3 aromatic rings. The topological polar surface area (TPSA) is 99.3 Å². The highest BCUT2D eigenvalue weighted by Gasteiger charge is 2.69. The van der Waals surface area contributed by atoms with Crippen LogP contribution in [0.2, 0.25) is 5.02 Å². The fraction of sp³-hybridized carbons (Fsp3) is 0.357. The largest absolute Gasteiger partial charge is 0.416 e. The molecule has 0 radical (unpaired) electrons. The third-order valence-corrected chi connectivity index (χ3v) is 11.7. The number of aromatic amines is 1. The van der Waals surface area contributed by atoms with Gasteiger partial charge in [-0.15, -0.1) is 11.8 Å². The van der Waals surface area contributed by atoms with Crippen LogP contribution < -0.4 is 10.2 Å². The minimum Gasteiger partial charge on any atom is -0.325 e. The molecule has 3 heterocycles. The lowest BCUT2D eigenvalue weighted by Crippen LogP contribution is -2.42. The molecule has 1 aromatic heterocycles. The summed E-state index contributed by atoms with van der Waals surface area (Å²) in [6.07, 6.45) is -3.88. The summed E-state index contributed by atoms with van der Waals surface area (Å²) >= 11 is 8.87. The first-order valence-corrected chi connectivity index (χ1v) is 15.1. The molecule has 3 amide bonds. The van der Waals surface area contributed by atoms with Gasteiger partial charge in [-0.05, 0) is 60.1 Å². The fourth-order valence-electron chi connectivity index (χ4n) is 7.40. The molecule has 2 saturated carbocycles. The van der Waals surface area contributed by atoms with Gasteiger partial charge in [-0.2, -0.15) is 13.2 Å². The van der Waals surface area contributed by atoms with Crippen LogP contribution in [0.15, 0.2) is 58.4 Å². The molecule has 1 saturated heterocycles. The summed E-state index contributed by atoms with van der Waals surface area (Å²) in [6.45, 7) is -0.565. The van der Waals surface area contributed by atoms with Crippen molar-refractivity contribution < 1.29 is 27.6 Å². The summed E-state index contributed by atoms with van der Waals surface area (Å²) in [6, 6.07) is 11.7. The van der Waals surface area contributed by atoms with Gasteiger partial charge in [-0.25, -0.2) is 0 Å². The number of carbonyl (C=O) groups excluding carboxylic acids is 3. The minimum atomic E-state index is -4.58. The van der Waals surface area contributed by atoms with E-state index in [0.717, 1.165) is 43.8 Å². The van der Waals surface area contributed by atoms with Crippen molar-refractivity contribution in [2.75, 3.05) is 11.9 Å². The lowest BCUT2D eigenvalue weighted by molar-refractivity contribution is -0.143. The molecule has 7 rings (SSSR count). The Balaban J connectivity index is 1.15. The van der Waals surface area contributed by atoms with Crippen molar-refractivity contribution in [2.24, 2.45) is 29.6 Å². The molecular weight excluding hydrogens is 599 g/mol. The lowest BCUT2D eigenvalue weighted by atomic mass is 9.68. The quantitative estimate of drug-likeness (QED) is 0.390. The van der Waals surface area contributed by atoms with Crippen LogP contribution in [0.5, 0.6) is 0 Å². The first kappa shape index (κ1) is 26.8. The number of thiazole rings is 1. The van der Waals surface area contributed by atoms with Gasteiger partial charge in [0, 0.05) is 26.8 Å². The maximum Gasteiger partial charge on any atom is 0.416 e. The number of fused-ring (bicyclic) bond motifs is 9. The summed E-state index contributed by atoms with van der Waals surface area (Å²) in [5.41, 5.74) is -0.00289. The molecule has 2 N–H and O–H groups in total. The predicted molar refractivity (Wildman–Crippen MR) is 147 cm³/mol. The van der Waals surface area contributed by atoms with Crippen molar-refractivity contribution in [3.05, 3.63) is 79.2 Å². The molecule has 7 unspecified atom stereocenters. The number of benzene rings is 2. The molecule has 2 bridgehead atoms. The second kappa shape index (κ2) is 9.47. The van der Waals surface area contributed by atoms with Gasteiger partial charge in [0.2, 0.25) is 17.7 Å². The van der Waals surface area contributed by atoms with E-state index in [0.29, 0.717) is 11.4 Å². The Hall–Kier alpha value is -3.09. The zero-order valence-corrected chi connectivity index (χ0v) is 23.4. The van der Waals surface area contributed by atoms with E-state index in [1.54, 1.807) is 23.9 Å². The van der Waals surface area contributed by atoms with Crippen molar-refractivity contribution in [3.63, 3.8) is 0 Å². The maximum atomic E-state index is 13.7. The number of nitrogens with one attached hydrogen (secondary N) is 2. The number of carbonyl (C=O) groups is 3. The first-order chi connectivity index (χ1) is 19.5. The van der Waals surface area contributed by atoms with Crippen LogP contribution in [0.25, 0.3) is 0 Å². The molecular formula is C28H21ClF3N3O4S2. The Labute approximate surface area is 244 Å². The maximum absolute atomic E-state index is 13.7. The number of alkyl halides is 3. The number of rotatable bonds is 4. The number of hydrogen-bond acceptors (Lipinski definition) is 6. The van der Waals surface area contributed by atoms with Crippen LogP contribution in [0.3, 0.4) is 0 Å². The van der Waals surface area contributed by atoms with Crippen molar-refractivity contribution in [3.8, 4) is 0 Å². The molecule has 13 heteroatoms. The summed E-state index contributed by atoms with van der Waals surface area (Å²) < 4.78 is 39.2. The SMILES string of the molecule is O=C(CN1C(=O)C2C3CC(C2C1=O)C1C(c2ccc(Cl)cc2)c2sc(=O)[nH]c2SC31)Nc1cccc(C(F)(F)F)c1. The number of likely N-dealkylation sites (tertiary alicyclic amines) is 1. The van der Waals surface area contributed by atoms with Crippen LogP contribution in [0.4, 0.5) is 18.9 Å². The van der Waals surface area contributed by atoms with E-state index < -0.39 is 47.8 Å². The Morgan fingerprint density at radius 3 is 2.46 bits per heavy atom. The molecule has 2 aromatic carbocycles. The van der Waals surface area contributed by atoms with E-state index in [2.05, 4.69) is 10.3 Å². The number of hydrogen-bond donors (Lipinski definition) is 2. The number of thioether (sulfide) groups is 1. The smallest absolute Gasteiger partial charge is 0.325 e. The number of amides is 3. The van der Waals surface area contributed by atoms with Crippen molar-refractivity contribution in [1.82, 2.24) is 9.88 Å². The van der Waals surface area contributed by atoms with Gasteiger partial charge in [-0.1, -0.05) is 41.1 Å². The van der Waals surface area contributed by atoms with E-state index >= 15 is 0 Å². The van der Waals surface area contributed by atoms with E-state index in [9.17, 15) is 32.3 Å². The normalized spacial score (nSPS) is 29.9. The Morgan fingerprint density at radius 1 is 1.05 bits per heavy atom. The zero-order chi connectivity index (χ0) is 28.8. The van der Waals surface area contributed by atoms with Gasteiger partial charge in [0.15, 0.2) is 0 Å². The molecule has 4 aliphatic rings. The molecule has 3 fully saturated rings. The Morgan fingerprint density at radius 2 is 1.76 bits per heavy atom. The van der Waals surface area contributed by atoms with Crippen LogP contribution in [-0.2, 0) is 20.6 Å². The second-order valence-electron chi connectivity index (χ2n) is 10.9. The lowest BCUT2D eigenvalue weighted by Gasteiger charge is -2.43. The molecule has 7 atom stereocenters. The van der Waals surface area contributed by atoms with Crippen LogP contribution >= 0.6 is 34.7 Å². The van der Waals surface area contributed by atoms with Gasteiger partial charge in [-0.3, -0.25) is 24.1 Å². The molecule has 2 aliphatic heterocycles. The molecule has 41 heavy (non-hydrogen) atoms. The Bertz CT molecular complexity index is 1660. The van der Waals surface area contributed by atoms with Crippen LogP contribution in [0.1, 0.15) is 28.3 Å². The van der Waals surface area contributed by atoms with Gasteiger partial charge >= 0.3 is 11.0 Å². The van der Waals surface area contributed by atoms with Gasteiger partial charge in [0.25, 0.3) is 0 Å². The molecule has 212 valence electrons. The first-order valence-electron chi connectivity index (χ1n) is 13.0. The predicted octanol–water partition coefficient (Wildman–Crippen LogP) is 5.22. The number of nitrogens with zero attached hydrogens (tertiary/aromatic N) is 1. The van der Waals surface area contributed by atoms with Crippen LogP contribution in [0, 0.1) is 29.6 Å². The highest BCUT2D eigenvalue weighted by Crippen LogP contribution is 2.68. The minimum absolute atomic E-state index is 0.00186. The monoisotopic (exact) mass is 619 g/mol. The average molecular weight is 620 g/mol. The summed E-state index contributed by atoms with van der Waals surface area (Å²) in [5.74, 6) is -3.11. The summed E-state index contributed by atoms with van der Waals surface area (Å²) in [7, 11) is 0. The van der Waals surface area contributed by atoms with Gasteiger partial charge in [0.1, 0.15) is 6.54 Å². The fourth-order valence-corrected chi connectivity index (χ4v) is 10.4. The number of anilines is 1. The van der Waals surface area contributed by atoms with E-state index in [-0.39, 0.29) is 39.5 Å². The van der Waals surface area contributed by atoms with E-state index in [1.165, 1.54) is 12.1 Å². The Kier molecular flexibility index (Phi) is 6.18. The van der Waals surface area contributed by atoms with E-state index in [1.807, 2.05) is 12.1 Å². The number of aromatic nitrogens is 1. The third-order valence-electron chi connectivity index (χ3n) is 8.82. The van der Waals surface area contributed by atoms with Crippen molar-refractivity contribution in [2.45, 2.75) is 28.8 Å². The highest BCUT2D eigenvalue weighted by atomic mass is 35.5. The number of H-pyrrole nitrogens is 1. The van der Waals surface area contributed by atoms with Gasteiger partial charge < -0.3 is 10.3 Å². The zero-order valence-electron chi connectivity index (χ0n) is 21.0. The van der Waals surface area contributed by atoms with Crippen molar-refractivity contribution >= 4 is 58.1 Å². The summed E-state index contributed by atoms with van der Waals surface area (Å²) in [5, 5.41) is 3.76. The summed E-state index contributed by atoms with van der Waals surface area (Å²) in [4.78, 5) is 57.1. The third kappa shape index (κ3) is 4.25. The average Bonchev–Trinajstić information content (AvgIpc) is 3.65. The van der Waals surface area contributed by atoms with E-state index in [4.69, 9.17) is 11.6 Å². The molecule has 0 spiro atoms. The standard InChI is InChI=1S/C28H21ClF3N3O4S2/c29-13-6-4-11(5-7-13)18-19-15-9-16(22(19)40-24-23(18)41-27(39)34-24)21-20(15)25(37)35(26(21)38)10-17(36)33-14-3-1-2-12(8-14)28(30,31)32/h1-8,15-16,18-22H,9-10H2,(H,33,36)(H,34,39). The van der Waals surface area contributed by atoms with Gasteiger partial charge in [0.05, 0.1) is 22.4 Å². The van der Waals surface area contributed by atoms with Crippen molar-refractivity contribution in [1.29, 1.82) is 0 Å². The molecule has 2 aliphatic carbocycles. The second-order valence-corrected chi connectivity index (χ2v) is 13.5. The highest BCUT2D eigenvalue weighted by molar-refractivity contribution is 8.00. The number of halogens is 4. The van der Waals surface area contributed by atoms with Crippen LogP contribution in [-0.4, -0.2) is 39.4 Å². The molecule has 7 nitrogen and oxygen atoms in total.